The molecular formula is C8H11NO2. The molecule has 3 heteroatoms. The van der Waals surface area contributed by atoms with Crippen molar-refractivity contribution in [2.24, 2.45) is 4.99 Å². The summed E-state index contributed by atoms with van der Waals surface area (Å²) in [6, 6.07) is 0. The van der Waals surface area contributed by atoms with Crippen LogP contribution in [0, 0.1) is 0 Å². The number of fused-ring (bicyclic) bond motifs is 1. The van der Waals surface area contributed by atoms with Gasteiger partial charge < -0.3 is 9.47 Å². The molecule has 60 valence electrons. The second kappa shape index (κ2) is 2.75. The van der Waals surface area contributed by atoms with Crippen molar-refractivity contribution < 1.29 is 9.47 Å². The van der Waals surface area contributed by atoms with Crippen molar-refractivity contribution in [1.82, 2.24) is 0 Å². The minimum Gasteiger partial charge on any atom is -0.343 e. The number of nitrogens with zero attached hydrogens (tertiary/aromatic N) is 1. The number of dihydropyridines is 1. The third-order valence-electron chi connectivity index (χ3n) is 1.95. The molecule has 2 aliphatic heterocycles. The molecule has 11 heavy (non-hydrogen) atoms. The molecule has 0 N–H and O–H groups in total. The number of ether oxygens (including phenoxy) is 2. The van der Waals surface area contributed by atoms with Gasteiger partial charge in [-0.3, -0.25) is 4.99 Å². The SMILES string of the molecule is CCC1=CC2OCOC2N=C1. The highest BCUT2D eigenvalue weighted by Gasteiger charge is 2.28. The first-order valence-corrected chi connectivity index (χ1v) is 3.87. The Hall–Kier alpha value is -0.670. The molecule has 1 saturated heterocycles. The molecule has 1 fully saturated rings. The summed E-state index contributed by atoms with van der Waals surface area (Å²) < 4.78 is 10.5. The molecule has 0 radical (unpaired) electrons. The molecule has 0 aliphatic carbocycles. The van der Waals surface area contributed by atoms with E-state index in [0.717, 1.165) is 6.42 Å². The van der Waals surface area contributed by atoms with Crippen LogP contribution < -0.4 is 0 Å². The van der Waals surface area contributed by atoms with Gasteiger partial charge >= 0.3 is 0 Å². The predicted octanol–water partition coefficient (Wildman–Crippen LogP) is 1.11. The van der Waals surface area contributed by atoms with Gasteiger partial charge in [-0.1, -0.05) is 6.92 Å². The maximum atomic E-state index is 5.28. The lowest BCUT2D eigenvalue weighted by molar-refractivity contribution is 0.0450. The molecule has 0 amide bonds. The van der Waals surface area contributed by atoms with Gasteiger partial charge in [-0.05, 0) is 18.1 Å². The van der Waals surface area contributed by atoms with Crippen LogP contribution >= 0.6 is 0 Å². The van der Waals surface area contributed by atoms with Gasteiger partial charge in [-0.2, -0.15) is 0 Å². The third kappa shape index (κ3) is 1.21. The quantitative estimate of drug-likeness (QED) is 0.565. The standard InChI is InChI=1S/C8H11NO2/c1-2-6-3-7-8(9-4-6)11-5-10-7/h3-4,7-8H,2,5H2,1H3. The molecule has 0 spiro atoms. The summed E-state index contributed by atoms with van der Waals surface area (Å²) in [6.07, 6.45) is 4.96. The average Bonchev–Trinajstić information content (AvgIpc) is 2.50. The van der Waals surface area contributed by atoms with Crippen LogP contribution in [0.2, 0.25) is 0 Å². The predicted molar refractivity (Wildman–Crippen MR) is 41.5 cm³/mol. The van der Waals surface area contributed by atoms with Crippen LogP contribution in [0.4, 0.5) is 0 Å². The van der Waals surface area contributed by atoms with Crippen LogP contribution in [0.25, 0.3) is 0 Å². The fourth-order valence-electron chi connectivity index (χ4n) is 1.26. The largest absolute Gasteiger partial charge is 0.343 e. The minimum atomic E-state index is -0.0784. The number of aliphatic imine (C=N–C) groups is 1. The topological polar surface area (TPSA) is 30.8 Å². The van der Waals surface area contributed by atoms with Gasteiger partial charge in [0, 0.05) is 6.21 Å². The fourth-order valence-corrected chi connectivity index (χ4v) is 1.26. The highest BCUT2D eigenvalue weighted by molar-refractivity contribution is 5.79. The number of hydrogen-bond acceptors (Lipinski definition) is 3. The van der Waals surface area contributed by atoms with E-state index < -0.39 is 0 Å². The summed E-state index contributed by atoms with van der Waals surface area (Å²) in [5, 5.41) is 0. The lowest BCUT2D eigenvalue weighted by atomic mass is 10.1. The normalized spacial score (nSPS) is 35.2. The molecule has 2 atom stereocenters. The fraction of sp³-hybridized carbons (Fsp3) is 0.625. The van der Waals surface area contributed by atoms with Crippen molar-refractivity contribution in [3.05, 3.63) is 11.6 Å². The van der Waals surface area contributed by atoms with Crippen molar-refractivity contribution in [2.45, 2.75) is 25.7 Å². The summed E-state index contributed by atoms with van der Waals surface area (Å²) in [4.78, 5) is 4.20. The number of hydrogen-bond donors (Lipinski definition) is 0. The maximum Gasteiger partial charge on any atom is 0.180 e. The summed E-state index contributed by atoms with van der Waals surface area (Å²) in [7, 11) is 0. The maximum absolute atomic E-state index is 5.28. The highest BCUT2D eigenvalue weighted by Crippen LogP contribution is 2.20. The Balaban J connectivity index is 2.14. The summed E-state index contributed by atoms with van der Waals surface area (Å²) >= 11 is 0. The van der Waals surface area contributed by atoms with Gasteiger partial charge in [-0.15, -0.1) is 0 Å². The molecule has 0 aromatic heterocycles. The van der Waals surface area contributed by atoms with Crippen molar-refractivity contribution in [3.63, 3.8) is 0 Å². The molecule has 2 unspecified atom stereocenters. The van der Waals surface area contributed by atoms with Crippen molar-refractivity contribution >= 4 is 6.21 Å². The van der Waals surface area contributed by atoms with Crippen molar-refractivity contribution in [2.75, 3.05) is 6.79 Å². The molecule has 2 heterocycles. The van der Waals surface area contributed by atoms with Crippen LogP contribution in [0.15, 0.2) is 16.6 Å². The Labute approximate surface area is 65.7 Å². The van der Waals surface area contributed by atoms with Gasteiger partial charge in [0.25, 0.3) is 0 Å². The first-order valence-electron chi connectivity index (χ1n) is 3.87. The molecule has 0 aromatic rings. The molecule has 2 rings (SSSR count). The Morgan fingerprint density at radius 3 is 3.36 bits per heavy atom. The van der Waals surface area contributed by atoms with E-state index in [4.69, 9.17) is 9.47 Å². The second-order valence-electron chi connectivity index (χ2n) is 2.68. The first-order chi connectivity index (χ1) is 5.40. The van der Waals surface area contributed by atoms with E-state index in [1.807, 2.05) is 6.21 Å². The summed E-state index contributed by atoms with van der Waals surface area (Å²) in [5.74, 6) is 0. The molecular weight excluding hydrogens is 142 g/mol. The first kappa shape index (κ1) is 7.00. The zero-order chi connectivity index (χ0) is 7.68. The minimum absolute atomic E-state index is 0.0648. The lowest BCUT2D eigenvalue weighted by Gasteiger charge is -2.14. The molecule has 0 saturated carbocycles. The Bertz CT molecular complexity index is 210. The molecule has 3 nitrogen and oxygen atoms in total. The van der Waals surface area contributed by atoms with E-state index in [-0.39, 0.29) is 12.3 Å². The zero-order valence-electron chi connectivity index (χ0n) is 6.49. The summed E-state index contributed by atoms with van der Waals surface area (Å²) in [5.41, 5.74) is 1.23. The lowest BCUT2D eigenvalue weighted by Crippen LogP contribution is -2.22. The zero-order valence-corrected chi connectivity index (χ0v) is 6.49. The van der Waals surface area contributed by atoms with Crippen molar-refractivity contribution in [1.29, 1.82) is 0 Å². The smallest absolute Gasteiger partial charge is 0.180 e. The van der Waals surface area contributed by atoms with Gasteiger partial charge in [0.1, 0.15) is 6.10 Å². The van der Waals surface area contributed by atoms with Crippen LogP contribution in [-0.2, 0) is 9.47 Å². The Morgan fingerprint density at radius 1 is 1.64 bits per heavy atom. The second-order valence-corrected chi connectivity index (χ2v) is 2.68. The monoisotopic (exact) mass is 153 g/mol. The van der Waals surface area contributed by atoms with Crippen LogP contribution in [-0.4, -0.2) is 25.3 Å². The van der Waals surface area contributed by atoms with Crippen LogP contribution in [0.5, 0.6) is 0 Å². The third-order valence-corrected chi connectivity index (χ3v) is 1.95. The summed E-state index contributed by atoms with van der Waals surface area (Å²) in [6.45, 7) is 2.48. The number of rotatable bonds is 1. The molecule has 2 aliphatic rings. The Kier molecular flexibility index (Phi) is 1.75. The van der Waals surface area contributed by atoms with E-state index in [1.54, 1.807) is 0 Å². The van der Waals surface area contributed by atoms with E-state index in [1.165, 1.54) is 5.57 Å². The van der Waals surface area contributed by atoms with Gasteiger partial charge in [-0.25, -0.2) is 0 Å². The van der Waals surface area contributed by atoms with Gasteiger partial charge in [0.15, 0.2) is 13.0 Å². The van der Waals surface area contributed by atoms with Crippen LogP contribution in [0.1, 0.15) is 13.3 Å². The highest BCUT2D eigenvalue weighted by atomic mass is 16.7. The molecule has 0 bridgehead atoms. The number of allylic oxidation sites excluding steroid dienone is 1. The van der Waals surface area contributed by atoms with Crippen LogP contribution in [0.3, 0.4) is 0 Å². The van der Waals surface area contributed by atoms with E-state index in [0.29, 0.717) is 6.79 Å². The molecule has 0 aromatic carbocycles. The van der Waals surface area contributed by atoms with Crippen molar-refractivity contribution in [3.8, 4) is 0 Å². The van der Waals surface area contributed by atoms with E-state index in [9.17, 15) is 0 Å². The Morgan fingerprint density at radius 2 is 2.55 bits per heavy atom. The van der Waals surface area contributed by atoms with E-state index in [2.05, 4.69) is 18.0 Å². The van der Waals surface area contributed by atoms with Gasteiger partial charge in [0.05, 0.1) is 0 Å². The average molecular weight is 153 g/mol. The van der Waals surface area contributed by atoms with Gasteiger partial charge in [0.2, 0.25) is 0 Å². The van der Waals surface area contributed by atoms with E-state index >= 15 is 0 Å².